The van der Waals surface area contributed by atoms with Crippen LogP contribution in [0.15, 0.2) is 0 Å². The van der Waals surface area contributed by atoms with Gasteiger partial charge >= 0.3 is 35.5 Å². The van der Waals surface area contributed by atoms with Gasteiger partial charge in [-0.05, 0) is 19.4 Å². The van der Waals surface area contributed by atoms with Crippen LogP contribution in [-0.4, -0.2) is 29.9 Å². The third-order valence-electron chi connectivity index (χ3n) is 3.74. The minimum atomic E-state index is -0.720. The molecule has 0 aliphatic carbocycles. The van der Waals surface area contributed by atoms with Crippen molar-refractivity contribution in [3.63, 3.8) is 0 Å². The van der Waals surface area contributed by atoms with E-state index in [-0.39, 0.29) is 35.6 Å². The van der Waals surface area contributed by atoms with Crippen molar-refractivity contribution in [1.82, 2.24) is 5.32 Å². The zero-order valence-electron chi connectivity index (χ0n) is 14.5. The molecule has 0 amide bonds. The van der Waals surface area contributed by atoms with E-state index >= 15 is 0 Å². The van der Waals surface area contributed by atoms with Crippen molar-refractivity contribution in [1.29, 1.82) is 0 Å². The first-order valence-corrected chi connectivity index (χ1v) is 8.53. The van der Waals surface area contributed by atoms with Gasteiger partial charge in [-0.1, -0.05) is 64.7 Å². The molecule has 1 heterocycles. The van der Waals surface area contributed by atoms with Gasteiger partial charge in [-0.3, -0.25) is 11.1 Å². The molecule has 1 saturated heterocycles. The fourth-order valence-electron chi connectivity index (χ4n) is 2.40. The van der Waals surface area contributed by atoms with E-state index in [4.69, 9.17) is 5.11 Å². The van der Waals surface area contributed by atoms with Crippen LogP contribution in [0, 0.1) is 0 Å². The topological polar surface area (TPSA) is 66.4 Å². The molecule has 0 aromatic rings. The predicted molar refractivity (Wildman–Crippen MR) is 86.2 cm³/mol. The van der Waals surface area contributed by atoms with Crippen LogP contribution in [0.25, 0.3) is 0 Å². The smallest absolute Gasteiger partial charge is 0.542 e. The van der Waals surface area contributed by atoms with E-state index in [1.807, 2.05) is 6.29 Å². The molecule has 0 saturated carbocycles. The van der Waals surface area contributed by atoms with Gasteiger partial charge in [-0.15, -0.1) is 0 Å². The summed E-state index contributed by atoms with van der Waals surface area (Å²) in [5.74, 6) is -0.720. The van der Waals surface area contributed by atoms with Gasteiger partial charge in [-0.2, -0.15) is 6.42 Å². The van der Waals surface area contributed by atoms with Gasteiger partial charge in [0.15, 0.2) is 0 Å². The zero-order valence-corrected chi connectivity index (χ0v) is 16.5. The van der Waals surface area contributed by atoms with Crippen LogP contribution in [0.4, 0.5) is 0 Å². The summed E-state index contributed by atoms with van der Waals surface area (Å²) in [4.78, 5) is 20.0. The van der Waals surface area contributed by atoms with E-state index in [0.29, 0.717) is 6.42 Å². The number of carbonyl (C=O) groups is 1. The quantitative estimate of drug-likeness (QED) is 0.336. The Bertz CT molecular complexity index is 256. The Kier molecular flexibility index (Phi) is 21.2. The zero-order chi connectivity index (χ0) is 15.8. The molecule has 0 aromatic heterocycles. The van der Waals surface area contributed by atoms with Crippen LogP contribution in [0.5, 0.6) is 0 Å². The SMILES string of the molecule is CCCCCCCCCCC[C-]=O.O=C(O)[C@@H]1CCCN1.[Na+]. The molecule has 124 valence electrons. The van der Waals surface area contributed by atoms with E-state index in [1.54, 1.807) is 0 Å². The molecule has 1 aliphatic heterocycles. The molecule has 1 atom stereocenters. The second kappa shape index (κ2) is 19.1. The minimum Gasteiger partial charge on any atom is -0.542 e. The molecule has 0 spiro atoms. The molecule has 22 heavy (non-hydrogen) atoms. The van der Waals surface area contributed by atoms with Gasteiger partial charge in [0, 0.05) is 0 Å². The molecule has 0 unspecified atom stereocenters. The van der Waals surface area contributed by atoms with Gasteiger partial charge in [0.25, 0.3) is 0 Å². The predicted octanol–water partition coefficient (Wildman–Crippen LogP) is 0.844. The molecule has 4 nitrogen and oxygen atoms in total. The first-order valence-electron chi connectivity index (χ1n) is 8.53. The number of carbonyl (C=O) groups excluding carboxylic acids is 1. The largest absolute Gasteiger partial charge is 1.00 e. The number of hydrogen-bond acceptors (Lipinski definition) is 3. The molecule has 0 radical (unpaired) electrons. The molecule has 1 fully saturated rings. The molecule has 1 rings (SSSR count). The van der Waals surface area contributed by atoms with Crippen LogP contribution >= 0.6 is 0 Å². The molecular formula is C17H32NNaO3. The molecule has 5 heteroatoms. The van der Waals surface area contributed by atoms with E-state index in [0.717, 1.165) is 25.8 Å². The van der Waals surface area contributed by atoms with Crippen molar-refractivity contribution in [3.05, 3.63) is 0 Å². The summed E-state index contributed by atoms with van der Waals surface area (Å²) >= 11 is 0. The third kappa shape index (κ3) is 16.5. The van der Waals surface area contributed by atoms with Gasteiger partial charge in [0.2, 0.25) is 0 Å². The fourth-order valence-corrected chi connectivity index (χ4v) is 2.40. The Labute approximate surface area is 158 Å². The number of carboxylic acid groups (broad SMARTS) is 1. The summed E-state index contributed by atoms with van der Waals surface area (Å²) in [6, 6.07) is -0.269. The fraction of sp³-hybridized carbons (Fsp3) is 0.882. The Morgan fingerprint density at radius 1 is 1.09 bits per heavy atom. The number of aliphatic carboxylic acids is 1. The maximum atomic E-state index is 10.1. The first-order chi connectivity index (χ1) is 10.2. The number of carboxylic acids is 1. The van der Waals surface area contributed by atoms with Gasteiger partial charge in [0.1, 0.15) is 6.04 Å². The summed E-state index contributed by atoms with van der Waals surface area (Å²) in [5, 5.41) is 11.2. The van der Waals surface area contributed by atoms with Gasteiger partial charge in [-0.25, -0.2) is 0 Å². The van der Waals surface area contributed by atoms with E-state index in [9.17, 15) is 9.59 Å². The van der Waals surface area contributed by atoms with Crippen LogP contribution < -0.4 is 34.9 Å². The maximum absolute atomic E-state index is 10.1. The van der Waals surface area contributed by atoms with Crippen LogP contribution in [0.2, 0.25) is 0 Å². The second-order valence-corrected chi connectivity index (χ2v) is 5.71. The summed E-state index contributed by atoms with van der Waals surface area (Å²) in [7, 11) is 0. The van der Waals surface area contributed by atoms with Crippen molar-refractivity contribution >= 4 is 12.3 Å². The third-order valence-corrected chi connectivity index (χ3v) is 3.74. The minimum absolute atomic E-state index is 0. The first kappa shape index (κ1) is 24.4. The number of nitrogens with one attached hydrogen (secondary N) is 1. The maximum Gasteiger partial charge on any atom is 1.00 e. The second-order valence-electron chi connectivity index (χ2n) is 5.71. The summed E-state index contributed by atoms with van der Waals surface area (Å²) in [6.45, 7) is 3.10. The van der Waals surface area contributed by atoms with Gasteiger partial charge in [0.05, 0.1) is 0 Å². The monoisotopic (exact) mass is 321 g/mol. The van der Waals surface area contributed by atoms with E-state index in [1.165, 1.54) is 51.4 Å². The van der Waals surface area contributed by atoms with Crippen LogP contribution in [-0.2, 0) is 9.59 Å². The standard InChI is InChI=1S/C12H23O.C5H9NO2.Na/c1-2-3-4-5-6-7-8-9-10-11-12-13;7-5(8)4-2-1-3-6-4;/h2-11H2,1H3;4,6H,1-3H2,(H,7,8);/q-1;;+1/t;4-;/m.0./s1. The van der Waals surface area contributed by atoms with Gasteiger partial charge < -0.3 is 15.2 Å². The number of hydrogen-bond donors (Lipinski definition) is 2. The number of unbranched alkanes of at least 4 members (excludes halogenated alkanes) is 9. The Balaban J connectivity index is 0. The van der Waals surface area contributed by atoms with E-state index in [2.05, 4.69) is 12.2 Å². The summed E-state index contributed by atoms with van der Waals surface area (Å²) < 4.78 is 0. The number of rotatable bonds is 11. The van der Waals surface area contributed by atoms with Crippen molar-refractivity contribution in [2.45, 2.75) is 90.0 Å². The average Bonchev–Trinajstić information content (AvgIpc) is 3.01. The van der Waals surface area contributed by atoms with Crippen molar-refractivity contribution < 1.29 is 44.3 Å². The molecule has 1 aliphatic rings. The molecule has 2 N–H and O–H groups in total. The van der Waals surface area contributed by atoms with Crippen LogP contribution in [0.1, 0.15) is 84.0 Å². The van der Waals surface area contributed by atoms with Crippen molar-refractivity contribution in [3.8, 4) is 0 Å². The molecule has 0 aromatic carbocycles. The Morgan fingerprint density at radius 3 is 2.00 bits per heavy atom. The summed E-state index contributed by atoms with van der Waals surface area (Å²) in [5.41, 5.74) is 0. The average molecular weight is 321 g/mol. The Hall–Kier alpha value is 0.1000. The molecule has 0 bridgehead atoms. The van der Waals surface area contributed by atoms with Crippen molar-refractivity contribution in [2.24, 2.45) is 0 Å². The normalized spacial score (nSPS) is 16.3. The molecular weight excluding hydrogens is 289 g/mol. The van der Waals surface area contributed by atoms with Crippen LogP contribution in [0.3, 0.4) is 0 Å². The van der Waals surface area contributed by atoms with E-state index < -0.39 is 5.97 Å². The Morgan fingerprint density at radius 2 is 1.64 bits per heavy atom. The van der Waals surface area contributed by atoms with Crippen molar-refractivity contribution in [2.75, 3.05) is 6.54 Å². The summed E-state index contributed by atoms with van der Waals surface area (Å²) in [6.07, 6.45) is 16.2.